The normalized spacial score (nSPS) is 13.1. The van der Waals surface area contributed by atoms with Gasteiger partial charge < -0.3 is 4.74 Å². The molecule has 0 radical (unpaired) electrons. The average Bonchev–Trinajstić information content (AvgIpc) is 3.11. The minimum absolute atomic E-state index is 0.0797. The van der Waals surface area contributed by atoms with Crippen molar-refractivity contribution < 1.29 is 23.9 Å². The fourth-order valence-electron chi connectivity index (χ4n) is 2.89. The van der Waals surface area contributed by atoms with Crippen molar-refractivity contribution in [2.75, 3.05) is 12.4 Å². The van der Waals surface area contributed by atoms with Crippen molar-refractivity contribution in [2.45, 2.75) is 33.2 Å². The quantitative estimate of drug-likeness (QED) is 0.609. The fraction of sp³-hybridized carbons (Fsp3) is 0.316. The van der Waals surface area contributed by atoms with Crippen LogP contribution < -0.4 is 5.32 Å². The van der Waals surface area contributed by atoms with Crippen LogP contribution in [0, 0.1) is 6.92 Å². The van der Waals surface area contributed by atoms with Gasteiger partial charge in [0, 0.05) is 16.5 Å². The number of aromatic nitrogens is 1. The van der Waals surface area contributed by atoms with Gasteiger partial charge in [0.2, 0.25) is 0 Å². The van der Waals surface area contributed by atoms with Crippen LogP contribution in [0.2, 0.25) is 0 Å². The smallest absolute Gasteiger partial charge is 0.310 e. The van der Waals surface area contributed by atoms with E-state index in [9.17, 15) is 19.2 Å². The largest absolute Gasteiger partial charge is 0.469 e. The van der Waals surface area contributed by atoms with Crippen LogP contribution in [0.5, 0.6) is 0 Å². The van der Waals surface area contributed by atoms with Gasteiger partial charge in [0.05, 0.1) is 30.4 Å². The highest BCUT2D eigenvalue weighted by Crippen LogP contribution is 2.27. The Bertz CT molecular complexity index is 995. The number of methoxy groups -OCH3 is 1. The predicted octanol–water partition coefficient (Wildman–Crippen LogP) is 2.42. The van der Waals surface area contributed by atoms with Crippen LogP contribution in [-0.4, -0.2) is 46.7 Å². The summed E-state index contributed by atoms with van der Waals surface area (Å²) in [4.78, 5) is 54.9. The van der Waals surface area contributed by atoms with Crippen molar-refractivity contribution in [3.63, 3.8) is 0 Å². The predicted molar refractivity (Wildman–Crippen MR) is 103 cm³/mol. The van der Waals surface area contributed by atoms with E-state index in [1.54, 1.807) is 20.8 Å². The molecular weight excluding hydrogens is 382 g/mol. The minimum atomic E-state index is -0.454. The second-order valence-electron chi connectivity index (χ2n) is 6.57. The van der Waals surface area contributed by atoms with Crippen molar-refractivity contribution in [1.82, 2.24) is 9.88 Å². The van der Waals surface area contributed by atoms with Gasteiger partial charge in [-0.1, -0.05) is 0 Å². The Morgan fingerprint density at radius 1 is 1.21 bits per heavy atom. The number of anilines is 1. The lowest BCUT2D eigenvalue weighted by Gasteiger charge is -2.17. The molecule has 8 nitrogen and oxygen atoms in total. The van der Waals surface area contributed by atoms with E-state index in [1.165, 1.54) is 41.5 Å². The zero-order valence-electron chi connectivity index (χ0n) is 15.9. The molecule has 1 aliphatic rings. The Morgan fingerprint density at radius 2 is 1.89 bits per heavy atom. The summed E-state index contributed by atoms with van der Waals surface area (Å²) in [5.74, 6) is -1.61. The molecule has 28 heavy (non-hydrogen) atoms. The van der Waals surface area contributed by atoms with Gasteiger partial charge in [-0.15, -0.1) is 11.3 Å². The molecule has 0 atom stereocenters. The highest BCUT2D eigenvalue weighted by Gasteiger charge is 2.37. The number of fused-ring (bicyclic) bond motifs is 1. The Kier molecular flexibility index (Phi) is 5.28. The molecule has 1 aromatic carbocycles. The first-order chi connectivity index (χ1) is 13.2. The Balaban J connectivity index is 1.80. The van der Waals surface area contributed by atoms with Crippen molar-refractivity contribution in [1.29, 1.82) is 0 Å². The van der Waals surface area contributed by atoms with Crippen LogP contribution in [0.3, 0.4) is 0 Å². The third-order valence-electron chi connectivity index (χ3n) is 4.34. The monoisotopic (exact) mass is 401 g/mol. The summed E-state index contributed by atoms with van der Waals surface area (Å²) in [7, 11) is 1.31. The number of aryl methyl sites for hydroxylation is 1. The van der Waals surface area contributed by atoms with Crippen molar-refractivity contribution in [3.8, 4) is 0 Å². The van der Waals surface area contributed by atoms with Crippen LogP contribution in [0.25, 0.3) is 0 Å². The Hall–Kier alpha value is -3.07. The topological polar surface area (TPSA) is 106 Å². The molecule has 1 aromatic heterocycles. The van der Waals surface area contributed by atoms with E-state index in [1.807, 2.05) is 0 Å². The van der Waals surface area contributed by atoms with Gasteiger partial charge in [0.15, 0.2) is 5.13 Å². The number of nitrogens with zero attached hydrogens (tertiary/aromatic N) is 2. The SMILES string of the molecule is COC(=O)Cc1sc(NC(=O)c2ccc3c(c2)C(=O)N(C(C)C)C3=O)nc1C. The molecule has 9 heteroatoms. The fourth-order valence-corrected chi connectivity index (χ4v) is 3.83. The first-order valence-corrected chi connectivity index (χ1v) is 9.41. The number of thiazole rings is 1. The molecule has 0 spiro atoms. The number of imide groups is 1. The molecule has 0 fully saturated rings. The van der Waals surface area contributed by atoms with Gasteiger partial charge in [-0.3, -0.25) is 29.4 Å². The van der Waals surface area contributed by atoms with Gasteiger partial charge in [0.25, 0.3) is 17.7 Å². The van der Waals surface area contributed by atoms with E-state index in [2.05, 4.69) is 15.0 Å². The maximum atomic E-state index is 12.6. The van der Waals surface area contributed by atoms with Crippen LogP contribution in [0.1, 0.15) is 55.5 Å². The van der Waals surface area contributed by atoms with E-state index >= 15 is 0 Å². The van der Waals surface area contributed by atoms with E-state index in [-0.39, 0.29) is 35.5 Å². The summed E-state index contributed by atoms with van der Waals surface area (Å²) in [6, 6.07) is 4.14. The van der Waals surface area contributed by atoms with Crippen molar-refractivity contribution in [3.05, 3.63) is 45.5 Å². The lowest BCUT2D eigenvalue weighted by atomic mass is 10.1. The molecule has 2 aromatic rings. The standard InChI is InChI=1S/C19H19N3O5S/c1-9(2)22-17(25)12-6-5-11(7-13(12)18(22)26)16(24)21-19-20-10(3)14(28-19)8-15(23)27-4/h5-7,9H,8H2,1-4H3,(H,20,21,24). The lowest BCUT2D eigenvalue weighted by molar-refractivity contribution is -0.139. The molecule has 0 unspecified atom stereocenters. The first kappa shape index (κ1) is 19.7. The number of hydrogen-bond donors (Lipinski definition) is 1. The molecule has 0 saturated heterocycles. The number of hydrogen-bond acceptors (Lipinski definition) is 7. The van der Waals surface area contributed by atoms with Crippen LogP contribution in [-0.2, 0) is 16.0 Å². The third kappa shape index (κ3) is 3.53. The van der Waals surface area contributed by atoms with Gasteiger partial charge >= 0.3 is 5.97 Å². The van der Waals surface area contributed by atoms with E-state index in [0.717, 1.165) is 0 Å². The van der Waals surface area contributed by atoms with Crippen LogP contribution >= 0.6 is 11.3 Å². The number of amides is 3. The molecule has 1 N–H and O–H groups in total. The summed E-state index contributed by atoms with van der Waals surface area (Å²) in [6.07, 6.45) is 0.0797. The zero-order valence-corrected chi connectivity index (χ0v) is 16.7. The second-order valence-corrected chi connectivity index (χ2v) is 7.65. The maximum absolute atomic E-state index is 12.6. The molecular formula is C19H19N3O5S. The third-order valence-corrected chi connectivity index (χ3v) is 5.42. The number of carbonyl (C=O) groups is 4. The lowest BCUT2D eigenvalue weighted by Crippen LogP contribution is -2.35. The van der Waals surface area contributed by atoms with Gasteiger partial charge in [-0.2, -0.15) is 0 Å². The van der Waals surface area contributed by atoms with Crippen LogP contribution in [0.4, 0.5) is 5.13 Å². The number of esters is 1. The summed E-state index contributed by atoms with van der Waals surface area (Å²) in [5.41, 5.74) is 1.38. The molecule has 0 bridgehead atoms. The summed E-state index contributed by atoms with van der Waals surface area (Å²) >= 11 is 1.18. The maximum Gasteiger partial charge on any atom is 0.310 e. The Morgan fingerprint density at radius 3 is 2.54 bits per heavy atom. The summed E-state index contributed by atoms with van der Waals surface area (Å²) < 4.78 is 4.64. The van der Waals surface area contributed by atoms with Crippen molar-refractivity contribution in [2.24, 2.45) is 0 Å². The second kappa shape index (κ2) is 7.51. The van der Waals surface area contributed by atoms with Crippen LogP contribution in [0.15, 0.2) is 18.2 Å². The molecule has 2 heterocycles. The van der Waals surface area contributed by atoms with Gasteiger partial charge in [0.1, 0.15) is 0 Å². The molecule has 1 aliphatic heterocycles. The number of benzene rings is 1. The van der Waals surface area contributed by atoms with E-state index in [4.69, 9.17) is 0 Å². The molecule has 0 saturated carbocycles. The number of rotatable bonds is 5. The first-order valence-electron chi connectivity index (χ1n) is 8.59. The van der Waals surface area contributed by atoms with E-state index < -0.39 is 11.8 Å². The molecule has 0 aliphatic carbocycles. The summed E-state index contributed by atoms with van der Waals surface area (Å²) in [5, 5.41) is 3.01. The minimum Gasteiger partial charge on any atom is -0.469 e. The van der Waals surface area contributed by atoms with Crippen molar-refractivity contribution >= 4 is 40.2 Å². The number of carbonyl (C=O) groups excluding carboxylic acids is 4. The summed E-state index contributed by atoms with van der Waals surface area (Å²) in [6.45, 7) is 5.25. The average molecular weight is 401 g/mol. The highest BCUT2D eigenvalue weighted by molar-refractivity contribution is 7.16. The Labute approximate surface area is 165 Å². The number of ether oxygens (including phenoxy) is 1. The van der Waals surface area contributed by atoms with Gasteiger partial charge in [-0.25, -0.2) is 4.98 Å². The molecule has 3 amide bonds. The zero-order chi connectivity index (χ0) is 20.6. The molecule has 3 rings (SSSR count). The molecule has 146 valence electrons. The highest BCUT2D eigenvalue weighted by atomic mass is 32.1. The van der Waals surface area contributed by atoms with E-state index in [0.29, 0.717) is 21.3 Å². The van der Waals surface area contributed by atoms with Gasteiger partial charge in [-0.05, 0) is 39.0 Å². The number of nitrogens with one attached hydrogen (secondary N) is 1.